The van der Waals surface area contributed by atoms with Crippen LogP contribution in [-0.2, 0) is 19.0 Å². The van der Waals surface area contributed by atoms with Crippen molar-refractivity contribution in [3.8, 4) is 0 Å². The Morgan fingerprint density at radius 2 is 1.84 bits per heavy atom. The molecule has 0 saturated carbocycles. The van der Waals surface area contributed by atoms with E-state index in [1.54, 1.807) is 12.1 Å². The van der Waals surface area contributed by atoms with E-state index in [-0.39, 0.29) is 11.8 Å². The van der Waals surface area contributed by atoms with Gasteiger partial charge in [-0.2, -0.15) is 5.10 Å². The molecule has 2 amide bonds. The van der Waals surface area contributed by atoms with Gasteiger partial charge >= 0.3 is 6.09 Å². The standard InChI is InChI=1S/C25H37Cl2N5O5/c1-25(2,3)37-24(34)28-8-12-35-14-15-36-13-11-31-9-6-18(17-31)23(33)29-22-7-10-32(30-22)19-4-5-20(26)21(27)16-19/h4-5,16,18H,6-15,17H2,1-3H3,(H,28,34)(H,29,30,33)/t18-/m1/s1. The molecule has 2 N–H and O–H groups in total. The van der Waals surface area contributed by atoms with E-state index < -0.39 is 11.7 Å². The van der Waals surface area contributed by atoms with Gasteiger partial charge in [-0.05, 0) is 51.9 Å². The first-order valence-electron chi connectivity index (χ1n) is 12.6. The van der Waals surface area contributed by atoms with E-state index in [0.29, 0.717) is 68.4 Å². The first kappa shape index (κ1) is 29.4. The molecule has 0 aromatic heterocycles. The minimum absolute atomic E-state index is 0.00606. The molecule has 1 aromatic rings. The lowest BCUT2D eigenvalue weighted by Crippen LogP contribution is -2.36. The van der Waals surface area contributed by atoms with E-state index in [1.807, 2.05) is 31.8 Å². The van der Waals surface area contributed by atoms with E-state index >= 15 is 0 Å². The molecule has 0 unspecified atom stereocenters. The lowest BCUT2D eigenvalue weighted by atomic mass is 10.1. The van der Waals surface area contributed by atoms with E-state index in [0.717, 1.165) is 25.2 Å². The van der Waals surface area contributed by atoms with Gasteiger partial charge in [0.2, 0.25) is 5.91 Å². The van der Waals surface area contributed by atoms with Crippen LogP contribution in [-0.4, -0.2) is 87.5 Å². The number of ether oxygens (including phenoxy) is 3. The van der Waals surface area contributed by atoms with Crippen molar-refractivity contribution in [3.63, 3.8) is 0 Å². The highest BCUT2D eigenvalue weighted by Gasteiger charge is 2.29. The third-order valence-corrected chi connectivity index (χ3v) is 6.49. The van der Waals surface area contributed by atoms with Crippen LogP contribution in [0.2, 0.25) is 10.0 Å². The van der Waals surface area contributed by atoms with Gasteiger partial charge in [0.15, 0.2) is 0 Å². The molecule has 12 heteroatoms. The number of carbonyl (C=O) groups excluding carboxylic acids is 2. The molecule has 37 heavy (non-hydrogen) atoms. The van der Waals surface area contributed by atoms with Gasteiger partial charge in [0.25, 0.3) is 0 Å². The third-order valence-electron chi connectivity index (χ3n) is 5.75. The number of amidine groups is 1. The number of carbonyl (C=O) groups is 2. The quantitative estimate of drug-likeness (QED) is 0.401. The Morgan fingerprint density at radius 3 is 2.57 bits per heavy atom. The Morgan fingerprint density at radius 1 is 1.08 bits per heavy atom. The molecule has 3 rings (SSSR count). The van der Waals surface area contributed by atoms with Crippen LogP contribution in [0.3, 0.4) is 0 Å². The zero-order valence-electron chi connectivity index (χ0n) is 21.7. The summed E-state index contributed by atoms with van der Waals surface area (Å²) < 4.78 is 16.3. The summed E-state index contributed by atoms with van der Waals surface area (Å²) in [5, 5.41) is 12.9. The summed E-state index contributed by atoms with van der Waals surface area (Å²) in [4.78, 5) is 26.5. The highest BCUT2D eigenvalue weighted by molar-refractivity contribution is 6.42. The van der Waals surface area contributed by atoms with E-state index in [9.17, 15) is 9.59 Å². The maximum atomic E-state index is 12.7. The monoisotopic (exact) mass is 557 g/mol. The molecule has 1 atom stereocenters. The van der Waals surface area contributed by atoms with Crippen LogP contribution in [0.1, 0.15) is 33.6 Å². The van der Waals surface area contributed by atoms with Gasteiger partial charge in [-0.25, -0.2) is 4.79 Å². The fourth-order valence-corrected chi connectivity index (χ4v) is 4.22. The molecule has 0 spiro atoms. The molecule has 206 valence electrons. The summed E-state index contributed by atoms with van der Waals surface area (Å²) in [6.45, 7) is 10.7. The van der Waals surface area contributed by atoms with Crippen LogP contribution < -0.4 is 15.6 Å². The number of hydrazone groups is 1. The Labute approximate surface area is 228 Å². The van der Waals surface area contributed by atoms with Gasteiger partial charge < -0.3 is 29.7 Å². The Bertz CT molecular complexity index is 956. The second kappa shape index (κ2) is 14.2. The minimum atomic E-state index is -0.515. The molecule has 0 aliphatic carbocycles. The van der Waals surface area contributed by atoms with Crippen molar-refractivity contribution >= 4 is 46.7 Å². The number of hydrogen-bond donors (Lipinski definition) is 2. The molecule has 2 aliphatic heterocycles. The van der Waals surface area contributed by atoms with Gasteiger partial charge in [0.1, 0.15) is 11.4 Å². The summed E-state index contributed by atoms with van der Waals surface area (Å²) in [6, 6.07) is 5.36. The van der Waals surface area contributed by atoms with Crippen molar-refractivity contribution in [3.05, 3.63) is 28.2 Å². The number of nitrogens with zero attached hydrogens (tertiary/aromatic N) is 3. The van der Waals surface area contributed by atoms with Gasteiger partial charge in [0.05, 0.1) is 48.1 Å². The number of benzene rings is 1. The number of anilines is 1. The number of amides is 2. The fourth-order valence-electron chi connectivity index (χ4n) is 3.93. The second-order valence-electron chi connectivity index (χ2n) is 9.95. The van der Waals surface area contributed by atoms with Crippen molar-refractivity contribution in [2.45, 2.75) is 39.2 Å². The van der Waals surface area contributed by atoms with E-state index in [2.05, 4.69) is 20.6 Å². The average molecular weight is 559 g/mol. The molecule has 1 saturated heterocycles. The Hall–Kier alpha value is -2.11. The summed E-state index contributed by atoms with van der Waals surface area (Å²) >= 11 is 12.1. The number of likely N-dealkylation sites (tertiary alicyclic amines) is 1. The van der Waals surface area contributed by atoms with Crippen LogP contribution in [0.15, 0.2) is 23.3 Å². The van der Waals surface area contributed by atoms with Crippen LogP contribution in [0, 0.1) is 5.92 Å². The number of hydrogen-bond acceptors (Lipinski definition) is 8. The Kier molecular flexibility index (Phi) is 11.3. The summed E-state index contributed by atoms with van der Waals surface area (Å²) in [5.41, 5.74) is 0.326. The lowest BCUT2D eigenvalue weighted by Gasteiger charge is -2.19. The molecule has 2 heterocycles. The summed E-state index contributed by atoms with van der Waals surface area (Å²) in [5.74, 6) is 0.605. The Balaban J connectivity index is 1.24. The molecule has 2 aliphatic rings. The van der Waals surface area contributed by atoms with Crippen molar-refractivity contribution in [1.82, 2.24) is 15.5 Å². The topological polar surface area (TPSA) is 105 Å². The summed E-state index contributed by atoms with van der Waals surface area (Å²) in [6.07, 6.45) is 1.02. The molecular weight excluding hydrogens is 521 g/mol. The molecule has 10 nitrogen and oxygen atoms in total. The second-order valence-corrected chi connectivity index (χ2v) is 10.8. The van der Waals surface area contributed by atoms with Gasteiger partial charge in [-0.3, -0.25) is 9.80 Å². The van der Waals surface area contributed by atoms with Crippen LogP contribution >= 0.6 is 23.2 Å². The van der Waals surface area contributed by atoms with Crippen LogP contribution in [0.25, 0.3) is 0 Å². The zero-order chi connectivity index (χ0) is 26.8. The van der Waals surface area contributed by atoms with Crippen molar-refractivity contribution < 1.29 is 23.8 Å². The number of nitrogens with one attached hydrogen (secondary N) is 2. The van der Waals surface area contributed by atoms with Gasteiger partial charge in [-0.1, -0.05) is 23.2 Å². The normalized spacial score (nSPS) is 18.1. The summed E-state index contributed by atoms with van der Waals surface area (Å²) in [7, 11) is 0. The fraction of sp³-hybridized carbons (Fsp3) is 0.640. The SMILES string of the molecule is CC(C)(C)OC(=O)NCCOCCOCCN1CC[C@@H](C(=O)NC2=NN(c3ccc(Cl)c(Cl)c3)CC2)C1. The first-order valence-corrected chi connectivity index (χ1v) is 13.3. The maximum Gasteiger partial charge on any atom is 0.407 e. The predicted molar refractivity (Wildman–Crippen MR) is 144 cm³/mol. The highest BCUT2D eigenvalue weighted by Crippen LogP contribution is 2.28. The zero-order valence-corrected chi connectivity index (χ0v) is 23.2. The maximum absolute atomic E-state index is 12.7. The largest absolute Gasteiger partial charge is 0.444 e. The smallest absolute Gasteiger partial charge is 0.407 e. The van der Waals surface area contributed by atoms with Gasteiger partial charge in [-0.15, -0.1) is 0 Å². The van der Waals surface area contributed by atoms with Crippen molar-refractivity contribution in [2.75, 3.05) is 64.2 Å². The number of alkyl carbamates (subject to hydrolysis) is 1. The van der Waals surface area contributed by atoms with Crippen LogP contribution in [0.4, 0.5) is 10.5 Å². The average Bonchev–Trinajstić information content (AvgIpc) is 3.48. The van der Waals surface area contributed by atoms with Crippen LogP contribution in [0.5, 0.6) is 0 Å². The van der Waals surface area contributed by atoms with E-state index in [1.165, 1.54) is 0 Å². The first-order chi connectivity index (χ1) is 17.6. The van der Waals surface area contributed by atoms with Gasteiger partial charge in [0, 0.05) is 32.6 Å². The number of rotatable bonds is 11. The lowest BCUT2D eigenvalue weighted by molar-refractivity contribution is -0.123. The molecule has 0 radical (unpaired) electrons. The molecular formula is C25H37Cl2N5O5. The third kappa shape index (κ3) is 10.3. The molecule has 1 aromatic carbocycles. The predicted octanol–water partition coefficient (Wildman–Crippen LogP) is 3.51. The molecule has 1 fully saturated rings. The highest BCUT2D eigenvalue weighted by atomic mass is 35.5. The van der Waals surface area contributed by atoms with E-state index in [4.69, 9.17) is 37.4 Å². The van der Waals surface area contributed by atoms with Crippen molar-refractivity contribution in [1.29, 1.82) is 0 Å². The molecule has 0 bridgehead atoms. The minimum Gasteiger partial charge on any atom is -0.444 e. The van der Waals surface area contributed by atoms with Crippen molar-refractivity contribution in [2.24, 2.45) is 11.0 Å². The number of halogens is 2.